The third-order valence-electron chi connectivity index (χ3n) is 4.58. The number of hydrogen-bond acceptors (Lipinski definition) is 5. The minimum atomic E-state index is -1.11. The molecule has 0 aliphatic heterocycles. The number of amides is 1. The quantitative estimate of drug-likeness (QED) is 0.474. The first-order valence-electron chi connectivity index (χ1n) is 8.96. The Balaban J connectivity index is 1.94. The summed E-state index contributed by atoms with van der Waals surface area (Å²) in [6.07, 6.45) is 0. The number of nitrogens with two attached hydrogens (primary N) is 1. The van der Waals surface area contributed by atoms with E-state index in [1.54, 1.807) is 11.6 Å². The van der Waals surface area contributed by atoms with Crippen LogP contribution < -0.4 is 5.73 Å². The molecule has 144 valence electrons. The minimum absolute atomic E-state index is 0.423. The maximum Gasteiger partial charge on any atom is 0.248 e. The van der Waals surface area contributed by atoms with Crippen molar-refractivity contribution in [3.63, 3.8) is 0 Å². The van der Waals surface area contributed by atoms with Crippen molar-refractivity contribution in [1.82, 2.24) is 14.8 Å². The van der Waals surface area contributed by atoms with Gasteiger partial charge >= 0.3 is 0 Å². The highest BCUT2D eigenvalue weighted by atomic mass is 32.1. The Morgan fingerprint density at radius 2 is 2.04 bits per heavy atom. The number of benzene rings is 1. The number of thiazole rings is 1. The number of rotatable bonds is 7. The van der Waals surface area contributed by atoms with Gasteiger partial charge in [-0.25, -0.2) is 9.67 Å². The van der Waals surface area contributed by atoms with Gasteiger partial charge in [-0.2, -0.15) is 5.10 Å². The van der Waals surface area contributed by atoms with Crippen molar-refractivity contribution < 1.29 is 9.53 Å². The van der Waals surface area contributed by atoms with E-state index in [-0.39, 0.29) is 0 Å². The Morgan fingerprint density at radius 1 is 1.30 bits per heavy atom. The molecule has 2 aromatic heterocycles. The summed E-state index contributed by atoms with van der Waals surface area (Å²) in [7, 11) is -1.11. The molecule has 6 nitrogen and oxygen atoms in total. The summed E-state index contributed by atoms with van der Waals surface area (Å²) >= 11 is 1.50. The fourth-order valence-electron chi connectivity index (χ4n) is 3.04. The lowest BCUT2D eigenvalue weighted by molar-refractivity contribution is 0.0770. The van der Waals surface area contributed by atoms with Crippen LogP contribution in [0, 0.1) is 13.8 Å². The molecule has 0 spiro atoms. The molecular formula is C19H26N4O2SSi. The van der Waals surface area contributed by atoms with Crippen LogP contribution in [0.5, 0.6) is 0 Å². The molecule has 2 heterocycles. The second-order valence-electron chi connectivity index (χ2n) is 7.98. The Morgan fingerprint density at radius 3 is 2.70 bits per heavy atom. The Kier molecular flexibility index (Phi) is 5.50. The molecule has 0 radical (unpaired) electrons. The average molecular weight is 403 g/mol. The molecule has 0 saturated carbocycles. The summed E-state index contributed by atoms with van der Waals surface area (Å²) in [5, 5.41) is 4.65. The zero-order chi connectivity index (χ0) is 19.8. The zero-order valence-electron chi connectivity index (χ0n) is 16.5. The van der Waals surface area contributed by atoms with E-state index in [2.05, 4.69) is 29.7 Å². The van der Waals surface area contributed by atoms with E-state index in [1.165, 1.54) is 11.3 Å². The van der Waals surface area contributed by atoms with Gasteiger partial charge in [0.05, 0.1) is 21.4 Å². The first kappa shape index (κ1) is 19.7. The van der Waals surface area contributed by atoms with E-state index >= 15 is 0 Å². The van der Waals surface area contributed by atoms with Gasteiger partial charge in [0.1, 0.15) is 6.73 Å². The lowest BCUT2D eigenvalue weighted by atomic mass is 10.00. The minimum Gasteiger partial charge on any atom is -0.366 e. The predicted molar refractivity (Wildman–Crippen MR) is 113 cm³/mol. The smallest absolute Gasteiger partial charge is 0.248 e. The second-order valence-corrected chi connectivity index (χ2v) is 14.5. The number of aryl methyl sites for hydroxylation is 1. The van der Waals surface area contributed by atoms with Crippen molar-refractivity contribution in [1.29, 1.82) is 0 Å². The van der Waals surface area contributed by atoms with Crippen molar-refractivity contribution in [2.45, 2.75) is 46.3 Å². The summed E-state index contributed by atoms with van der Waals surface area (Å²) in [4.78, 5) is 16.2. The standard InChI is InChI=1S/C19H26N4O2SSi/c1-12-17(13(2)23(22-12)11-25-6-7-27(3,4)5)15-8-14(19(20)24)9-16-18(15)21-10-26-16/h8-10H,6-7,11H2,1-5H3,(H2,20,24). The molecule has 2 N–H and O–H groups in total. The number of carbonyl (C=O) groups excluding carboxylic acids is 1. The summed E-state index contributed by atoms with van der Waals surface area (Å²) in [6, 6.07) is 4.74. The van der Waals surface area contributed by atoms with Gasteiger partial charge in [0.15, 0.2) is 0 Å². The highest BCUT2D eigenvalue weighted by molar-refractivity contribution is 7.16. The second kappa shape index (κ2) is 7.53. The first-order chi connectivity index (χ1) is 12.7. The molecule has 1 aromatic carbocycles. The van der Waals surface area contributed by atoms with Crippen LogP contribution in [0.4, 0.5) is 0 Å². The van der Waals surface area contributed by atoms with Crippen LogP contribution in [0.25, 0.3) is 21.3 Å². The number of hydrogen-bond donors (Lipinski definition) is 1. The van der Waals surface area contributed by atoms with Crippen LogP contribution in [-0.4, -0.2) is 35.4 Å². The van der Waals surface area contributed by atoms with Crippen LogP contribution >= 0.6 is 11.3 Å². The maximum absolute atomic E-state index is 11.7. The third-order valence-corrected chi connectivity index (χ3v) is 7.06. The van der Waals surface area contributed by atoms with Gasteiger partial charge in [0.25, 0.3) is 0 Å². The van der Waals surface area contributed by atoms with Crippen molar-refractivity contribution in [3.05, 3.63) is 34.6 Å². The molecule has 0 aliphatic carbocycles. The van der Waals surface area contributed by atoms with Gasteiger partial charge in [-0.05, 0) is 32.0 Å². The largest absolute Gasteiger partial charge is 0.366 e. The maximum atomic E-state index is 11.7. The summed E-state index contributed by atoms with van der Waals surface area (Å²) in [5.74, 6) is -0.441. The number of carbonyl (C=O) groups is 1. The Hall–Kier alpha value is -2.03. The van der Waals surface area contributed by atoms with Crippen molar-refractivity contribution in [2.75, 3.05) is 6.61 Å². The molecule has 0 aliphatic rings. The van der Waals surface area contributed by atoms with Gasteiger partial charge in [-0.3, -0.25) is 4.79 Å². The molecule has 0 saturated heterocycles. The van der Waals surface area contributed by atoms with Crippen molar-refractivity contribution in [2.24, 2.45) is 5.73 Å². The molecule has 0 bridgehead atoms. The van der Waals surface area contributed by atoms with Gasteiger partial charge in [0, 0.05) is 37.1 Å². The molecule has 0 unspecified atom stereocenters. The molecule has 0 atom stereocenters. The number of fused-ring (bicyclic) bond motifs is 1. The van der Waals surface area contributed by atoms with Gasteiger partial charge in [-0.15, -0.1) is 11.3 Å². The van der Waals surface area contributed by atoms with Crippen molar-refractivity contribution in [3.8, 4) is 11.1 Å². The topological polar surface area (TPSA) is 83.0 Å². The van der Waals surface area contributed by atoms with E-state index in [4.69, 9.17) is 10.5 Å². The number of ether oxygens (including phenoxy) is 1. The number of nitrogens with zero attached hydrogens (tertiary/aromatic N) is 3. The summed E-state index contributed by atoms with van der Waals surface area (Å²) in [5.41, 5.74) is 12.4. The molecule has 3 rings (SSSR count). The Bertz CT molecular complexity index is 988. The van der Waals surface area contributed by atoms with Crippen LogP contribution in [0.15, 0.2) is 17.6 Å². The molecule has 1 amide bonds. The fourth-order valence-corrected chi connectivity index (χ4v) is 4.54. The molecule has 0 fully saturated rings. The van der Waals surface area contributed by atoms with Gasteiger partial charge in [-0.1, -0.05) is 19.6 Å². The van der Waals surface area contributed by atoms with Crippen LogP contribution in [-0.2, 0) is 11.5 Å². The highest BCUT2D eigenvalue weighted by Crippen LogP contribution is 2.35. The van der Waals surface area contributed by atoms with Crippen LogP contribution in [0.2, 0.25) is 25.7 Å². The fraction of sp³-hybridized carbons (Fsp3) is 0.421. The van der Waals surface area contributed by atoms with Crippen molar-refractivity contribution >= 4 is 35.5 Å². The third kappa shape index (κ3) is 4.28. The van der Waals surface area contributed by atoms with E-state index in [9.17, 15) is 4.79 Å². The Labute approximate surface area is 164 Å². The van der Waals surface area contributed by atoms with Gasteiger partial charge < -0.3 is 10.5 Å². The SMILES string of the molecule is Cc1nn(COCC[Si](C)(C)C)c(C)c1-c1cc(C(N)=O)cc2scnc12. The lowest BCUT2D eigenvalue weighted by Gasteiger charge is -2.15. The van der Waals surface area contributed by atoms with E-state index in [1.807, 2.05) is 24.6 Å². The summed E-state index contributed by atoms with van der Waals surface area (Å²) in [6.45, 7) is 12.2. The van der Waals surface area contributed by atoms with Gasteiger partial charge in [0.2, 0.25) is 5.91 Å². The molecular weight excluding hydrogens is 376 g/mol. The monoisotopic (exact) mass is 402 g/mol. The molecule has 8 heteroatoms. The lowest BCUT2D eigenvalue weighted by Crippen LogP contribution is -2.22. The zero-order valence-corrected chi connectivity index (χ0v) is 18.3. The first-order valence-corrected chi connectivity index (χ1v) is 13.6. The van der Waals surface area contributed by atoms with Crippen LogP contribution in [0.1, 0.15) is 21.7 Å². The average Bonchev–Trinajstić information content (AvgIpc) is 3.14. The molecule has 3 aromatic rings. The number of aromatic nitrogens is 3. The predicted octanol–water partition coefficient (Wildman–Crippen LogP) is 4.19. The number of primary amides is 1. The highest BCUT2D eigenvalue weighted by Gasteiger charge is 2.19. The van der Waals surface area contributed by atoms with E-state index < -0.39 is 14.0 Å². The van der Waals surface area contributed by atoms with E-state index in [0.29, 0.717) is 12.3 Å². The summed E-state index contributed by atoms with van der Waals surface area (Å²) < 4.78 is 8.69. The van der Waals surface area contributed by atoms with E-state index in [0.717, 1.165) is 45.4 Å². The normalized spacial score (nSPS) is 12.0. The molecule has 27 heavy (non-hydrogen) atoms. The van der Waals surface area contributed by atoms with Crippen LogP contribution in [0.3, 0.4) is 0 Å².